The second-order valence-electron chi connectivity index (χ2n) is 2.45. The van der Waals surface area contributed by atoms with Gasteiger partial charge in [0.05, 0.1) is 18.9 Å². The first-order chi connectivity index (χ1) is 5.83. The topological polar surface area (TPSA) is 62.7 Å². The Balaban J connectivity index is 2.22. The van der Waals surface area contributed by atoms with Crippen LogP contribution in [0.5, 0.6) is 0 Å². The third kappa shape index (κ3) is 2.87. The van der Waals surface area contributed by atoms with Crippen LogP contribution in [-0.4, -0.2) is 31.5 Å². The first-order valence-electron chi connectivity index (χ1n) is 4.00. The first kappa shape index (κ1) is 8.99. The van der Waals surface area contributed by atoms with Crippen molar-refractivity contribution in [2.24, 2.45) is 5.10 Å². The van der Waals surface area contributed by atoms with E-state index in [4.69, 9.17) is 4.74 Å². The fourth-order valence-electron chi connectivity index (χ4n) is 0.870. The van der Waals surface area contributed by atoms with E-state index >= 15 is 0 Å². The maximum atomic E-state index is 10.8. The van der Waals surface area contributed by atoms with Gasteiger partial charge in [0.1, 0.15) is 0 Å². The fraction of sp³-hybridized carbons (Fsp3) is 0.714. The Kier molecular flexibility index (Phi) is 3.53. The average Bonchev–Trinajstić information content (AvgIpc) is 2.53. The molecule has 2 amide bonds. The maximum Gasteiger partial charge on any atom is 0.335 e. The van der Waals surface area contributed by atoms with Gasteiger partial charge in [-0.2, -0.15) is 5.10 Å². The summed E-state index contributed by atoms with van der Waals surface area (Å²) in [4.78, 5) is 10.8. The van der Waals surface area contributed by atoms with Crippen LogP contribution in [0.25, 0.3) is 0 Å². The lowest BCUT2D eigenvalue weighted by atomic mass is 10.3. The molecule has 5 heteroatoms. The second-order valence-corrected chi connectivity index (χ2v) is 2.45. The molecule has 0 aromatic carbocycles. The van der Waals surface area contributed by atoms with Gasteiger partial charge in [-0.25, -0.2) is 10.2 Å². The number of carbonyl (C=O) groups excluding carboxylic acids is 1. The predicted molar refractivity (Wildman–Crippen MR) is 45.1 cm³/mol. The Morgan fingerprint density at radius 1 is 1.75 bits per heavy atom. The molecule has 0 aromatic heterocycles. The van der Waals surface area contributed by atoms with Crippen LogP contribution in [0, 0.1) is 0 Å². The first-order valence-corrected chi connectivity index (χ1v) is 4.00. The van der Waals surface area contributed by atoms with Crippen molar-refractivity contribution in [2.75, 3.05) is 19.8 Å². The van der Waals surface area contributed by atoms with Gasteiger partial charge in [-0.15, -0.1) is 0 Å². The molecule has 1 fully saturated rings. The molecule has 1 heterocycles. The number of carbonyl (C=O) groups is 1. The third-order valence-corrected chi connectivity index (χ3v) is 1.46. The molecular weight excluding hydrogens is 158 g/mol. The summed E-state index contributed by atoms with van der Waals surface area (Å²) in [6.45, 7) is 3.70. The minimum atomic E-state index is -0.267. The zero-order valence-electron chi connectivity index (χ0n) is 7.09. The van der Waals surface area contributed by atoms with Gasteiger partial charge in [0.15, 0.2) is 0 Å². The molecule has 0 aromatic rings. The summed E-state index contributed by atoms with van der Waals surface area (Å²) >= 11 is 0. The quantitative estimate of drug-likeness (QED) is 0.578. The number of hydrazone groups is 1. The van der Waals surface area contributed by atoms with Crippen molar-refractivity contribution >= 4 is 11.7 Å². The molecule has 0 saturated carbocycles. The summed E-state index contributed by atoms with van der Waals surface area (Å²) in [7, 11) is 0. The molecule has 2 N–H and O–H groups in total. The Bertz CT molecular complexity index is 183. The number of urea groups is 1. The SMILES string of the molecule is CCNC(=O)N/N=C1/CCOC1. The zero-order valence-corrected chi connectivity index (χ0v) is 7.09. The van der Waals surface area contributed by atoms with E-state index in [0.717, 1.165) is 12.1 Å². The Morgan fingerprint density at radius 2 is 2.58 bits per heavy atom. The van der Waals surface area contributed by atoms with Crippen LogP contribution >= 0.6 is 0 Å². The highest BCUT2D eigenvalue weighted by Gasteiger charge is 2.08. The number of hydrogen-bond donors (Lipinski definition) is 2. The summed E-state index contributed by atoms with van der Waals surface area (Å²) < 4.78 is 5.05. The van der Waals surface area contributed by atoms with E-state index < -0.39 is 0 Å². The van der Waals surface area contributed by atoms with E-state index in [-0.39, 0.29) is 6.03 Å². The molecule has 0 unspecified atom stereocenters. The van der Waals surface area contributed by atoms with Crippen LogP contribution in [0.3, 0.4) is 0 Å². The van der Waals surface area contributed by atoms with Crippen molar-refractivity contribution in [3.63, 3.8) is 0 Å². The van der Waals surface area contributed by atoms with Crippen molar-refractivity contribution in [3.05, 3.63) is 0 Å². The highest BCUT2D eigenvalue weighted by Crippen LogP contribution is 1.97. The minimum absolute atomic E-state index is 0.267. The van der Waals surface area contributed by atoms with E-state index in [2.05, 4.69) is 15.8 Å². The second kappa shape index (κ2) is 4.71. The molecule has 0 aliphatic carbocycles. The molecule has 0 bridgehead atoms. The number of hydrogen-bond acceptors (Lipinski definition) is 3. The fourth-order valence-corrected chi connectivity index (χ4v) is 0.870. The Labute approximate surface area is 71.2 Å². The summed E-state index contributed by atoms with van der Waals surface area (Å²) in [5.41, 5.74) is 3.27. The van der Waals surface area contributed by atoms with Crippen LogP contribution in [-0.2, 0) is 4.74 Å². The van der Waals surface area contributed by atoms with E-state index in [9.17, 15) is 4.79 Å². The average molecular weight is 171 g/mol. The highest BCUT2D eigenvalue weighted by atomic mass is 16.5. The molecule has 68 valence electrons. The summed E-state index contributed by atoms with van der Waals surface area (Å²) in [6, 6.07) is -0.267. The summed E-state index contributed by atoms with van der Waals surface area (Å²) in [5.74, 6) is 0. The molecule has 1 aliphatic rings. The van der Waals surface area contributed by atoms with Gasteiger partial charge in [-0.1, -0.05) is 0 Å². The number of nitrogens with zero attached hydrogens (tertiary/aromatic N) is 1. The molecular formula is C7H13N3O2. The molecule has 0 atom stereocenters. The van der Waals surface area contributed by atoms with Crippen molar-refractivity contribution in [1.29, 1.82) is 0 Å². The van der Waals surface area contributed by atoms with Crippen molar-refractivity contribution in [3.8, 4) is 0 Å². The van der Waals surface area contributed by atoms with Crippen LogP contribution in [0.4, 0.5) is 4.79 Å². The van der Waals surface area contributed by atoms with Gasteiger partial charge in [-0.05, 0) is 6.92 Å². The van der Waals surface area contributed by atoms with Crippen molar-refractivity contribution in [1.82, 2.24) is 10.7 Å². The molecule has 5 nitrogen and oxygen atoms in total. The number of rotatable bonds is 2. The van der Waals surface area contributed by atoms with E-state index in [1.54, 1.807) is 0 Å². The van der Waals surface area contributed by atoms with Crippen LogP contribution in [0.15, 0.2) is 5.10 Å². The van der Waals surface area contributed by atoms with Crippen molar-refractivity contribution < 1.29 is 9.53 Å². The van der Waals surface area contributed by atoms with Gasteiger partial charge in [0.2, 0.25) is 0 Å². The van der Waals surface area contributed by atoms with Gasteiger partial charge in [-0.3, -0.25) is 0 Å². The van der Waals surface area contributed by atoms with Crippen LogP contribution in [0.2, 0.25) is 0 Å². The number of amides is 2. The molecule has 1 rings (SSSR count). The summed E-state index contributed by atoms with van der Waals surface area (Å²) in [6.07, 6.45) is 0.812. The number of nitrogens with one attached hydrogen (secondary N) is 2. The Hall–Kier alpha value is -1.10. The summed E-state index contributed by atoms with van der Waals surface area (Å²) in [5, 5.41) is 6.44. The standard InChI is InChI=1S/C7H13N3O2/c1-2-8-7(11)10-9-6-3-4-12-5-6/h2-5H2,1H3,(H2,8,10,11)/b9-6-. The normalized spacial score (nSPS) is 19.6. The van der Waals surface area contributed by atoms with Crippen LogP contribution in [0.1, 0.15) is 13.3 Å². The molecule has 0 radical (unpaired) electrons. The van der Waals surface area contributed by atoms with Gasteiger partial charge >= 0.3 is 6.03 Å². The zero-order chi connectivity index (χ0) is 8.81. The van der Waals surface area contributed by atoms with Gasteiger partial charge in [0.25, 0.3) is 0 Å². The van der Waals surface area contributed by atoms with Gasteiger partial charge in [0, 0.05) is 13.0 Å². The predicted octanol–water partition coefficient (Wildman–Crippen LogP) is 0.0818. The van der Waals surface area contributed by atoms with E-state index in [0.29, 0.717) is 19.8 Å². The van der Waals surface area contributed by atoms with Crippen LogP contribution < -0.4 is 10.7 Å². The monoisotopic (exact) mass is 171 g/mol. The van der Waals surface area contributed by atoms with Gasteiger partial charge < -0.3 is 10.1 Å². The number of ether oxygens (including phenoxy) is 1. The molecule has 0 spiro atoms. The van der Waals surface area contributed by atoms with Crippen molar-refractivity contribution in [2.45, 2.75) is 13.3 Å². The van der Waals surface area contributed by atoms with E-state index in [1.165, 1.54) is 0 Å². The Morgan fingerprint density at radius 3 is 3.17 bits per heavy atom. The lowest BCUT2D eigenvalue weighted by Crippen LogP contribution is -2.32. The largest absolute Gasteiger partial charge is 0.375 e. The molecule has 12 heavy (non-hydrogen) atoms. The highest BCUT2D eigenvalue weighted by molar-refractivity contribution is 5.88. The minimum Gasteiger partial charge on any atom is -0.375 e. The third-order valence-electron chi connectivity index (χ3n) is 1.46. The lowest BCUT2D eigenvalue weighted by molar-refractivity contribution is 0.209. The smallest absolute Gasteiger partial charge is 0.335 e. The lowest BCUT2D eigenvalue weighted by Gasteiger charge is -1.99. The molecule has 1 saturated heterocycles. The maximum absolute atomic E-state index is 10.8. The van der Waals surface area contributed by atoms with E-state index in [1.807, 2.05) is 6.92 Å². The molecule has 1 aliphatic heterocycles.